The van der Waals surface area contributed by atoms with Gasteiger partial charge in [0.25, 0.3) is 0 Å². The molecule has 0 saturated heterocycles. The van der Waals surface area contributed by atoms with Crippen LogP contribution in [0, 0.1) is 22.7 Å². The monoisotopic (exact) mass is 303 g/mol. The summed E-state index contributed by atoms with van der Waals surface area (Å²) < 4.78 is 38.3. The number of alkyl halides is 3. The van der Waals surface area contributed by atoms with Gasteiger partial charge >= 0.3 is 6.18 Å². The molecule has 0 radical (unpaired) electrons. The topological polar surface area (TPSA) is 12.0 Å². The first-order valence-corrected chi connectivity index (χ1v) is 8.46. The lowest BCUT2D eigenvalue weighted by molar-refractivity contribution is -0.183. The van der Waals surface area contributed by atoms with E-state index in [2.05, 4.69) is 26.1 Å². The second-order valence-corrected chi connectivity index (χ2v) is 8.60. The highest BCUT2D eigenvalue weighted by Gasteiger charge is 2.59. The summed E-state index contributed by atoms with van der Waals surface area (Å²) in [5.41, 5.74) is 0.642. The molecular weight excluding hydrogens is 275 g/mol. The van der Waals surface area contributed by atoms with Gasteiger partial charge in [-0.15, -0.1) is 0 Å². The smallest absolute Gasteiger partial charge is 0.310 e. The van der Waals surface area contributed by atoms with E-state index in [-0.39, 0.29) is 11.5 Å². The molecule has 0 aromatic heterocycles. The molecule has 0 heterocycles. The van der Waals surface area contributed by atoms with Crippen molar-refractivity contribution in [2.45, 2.75) is 84.0 Å². The molecule has 3 aliphatic carbocycles. The van der Waals surface area contributed by atoms with Gasteiger partial charge in [0.1, 0.15) is 0 Å². The van der Waals surface area contributed by atoms with Crippen LogP contribution in [0.15, 0.2) is 0 Å². The lowest BCUT2D eigenvalue weighted by Crippen LogP contribution is -2.54. The number of fused-ring (bicyclic) bond motifs is 2. The van der Waals surface area contributed by atoms with E-state index in [0.717, 1.165) is 5.92 Å². The molecule has 3 unspecified atom stereocenters. The van der Waals surface area contributed by atoms with Crippen LogP contribution in [0.4, 0.5) is 13.2 Å². The zero-order valence-electron chi connectivity index (χ0n) is 13.4. The zero-order chi connectivity index (χ0) is 15.5. The molecular formula is C17H28F3N. The third-order valence-corrected chi connectivity index (χ3v) is 6.86. The molecule has 1 N–H and O–H groups in total. The summed E-state index contributed by atoms with van der Waals surface area (Å²) in [4.78, 5) is 0. The Labute approximate surface area is 126 Å². The van der Waals surface area contributed by atoms with E-state index in [0.29, 0.717) is 37.1 Å². The van der Waals surface area contributed by atoms with Gasteiger partial charge in [-0.3, -0.25) is 0 Å². The fourth-order valence-electron chi connectivity index (χ4n) is 5.54. The Morgan fingerprint density at radius 2 is 1.57 bits per heavy atom. The van der Waals surface area contributed by atoms with Crippen LogP contribution in [0.3, 0.4) is 0 Å². The fourth-order valence-corrected chi connectivity index (χ4v) is 5.54. The molecule has 0 aromatic carbocycles. The summed E-state index contributed by atoms with van der Waals surface area (Å²) in [7, 11) is 0. The molecule has 21 heavy (non-hydrogen) atoms. The molecule has 3 saturated carbocycles. The van der Waals surface area contributed by atoms with Crippen LogP contribution in [-0.4, -0.2) is 18.3 Å². The predicted molar refractivity (Wildman–Crippen MR) is 78.0 cm³/mol. The third-order valence-electron chi connectivity index (χ3n) is 6.86. The number of nitrogens with one attached hydrogen (secondary N) is 1. The summed E-state index contributed by atoms with van der Waals surface area (Å²) in [6, 6.07) is 0.750. The molecule has 3 aliphatic rings. The van der Waals surface area contributed by atoms with E-state index in [1.807, 2.05) is 0 Å². The van der Waals surface area contributed by atoms with Crippen LogP contribution in [0.2, 0.25) is 0 Å². The first-order chi connectivity index (χ1) is 9.63. The second-order valence-electron chi connectivity index (χ2n) is 8.60. The Morgan fingerprint density at radius 3 is 2.05 bits per heavy atom. The van der Waals surface area contributed by atoms with E-state index in [1.165, 1.54) is 19.3 Å². The summed E-state index contributed by atoms with van der Waals surface area (Å²) in [6.07, 6.45) is 1.84. The quantitative estimate of drug-likeness (QED) is 0.764. The van der Waals surface area contributed by atoms with Gasteiger partial charge < -0.3 is 5.32 Å². The van der Waals surface area contributed by atoms with Gasteiger partial charge in [-0.05, 0) is 61.7 Å². The SMILES string of the molecule is CC12CCC(C1)C(C)(C)C2NC1CCC(C(F)(F)F)CC1. The molecule has 3 rings (SSSR count). The van der Waals surface area contributed by atoms with Crippen LogP contribution in [0.1, 0.15) is 65.7 Å². The average Bonchev–Trinajstić information content (AvgIpc) is 2.85. The second kappa shape index (κ2) is 4.87. The summed E-state index contributed by atoms with van der Waals surface area (Å²) in [5.74, 6) is -0.286. The van der Waals surface area contributed by atoms with Crippen LogP contribution >= 0.6 is 0 Å². The summed E-state index contributed by atoms with van der Waals surface area (Å²) in [6.45, 7) is 7.07. The lowest BCUT2D eigenvalue weighted by Gasteiger charge is -2.46. The van der Waals surface area contributed by atoms with Gasteiger partial charge in [-0.2, -0.15) is 13.2 Å². The maximum atomic E-state index is 12.8. The standard InChI is InChI=1S/C17H28F3N/c1-15(2)12-8-9-16(3,10-12)14(15)21-13-6-4-11(5-7-13)17(18,19)20/h11-14,21H,4-10H2,1-3H3. The summed E-state index contributed by atoms with van der Waals surface area (Å²) in [5, 5.41) is 3.78. The van der Waals surface area contributed by atoms with Gasteiger partial charge in [-0.1, -0.05) is 20.8 Å². The minimum absolute atomic E-state index is 0.282. The Kier molecular flexibility index (Phi) is 3.63. The van der Waals surface area contributed by atoms with Crippen molar-refractivity contribution in [3.05, 3.63) is 0 Å². The maximum Gasteiger partial charge on any atom is 0.391 e. The number of rotatable bonds is 2. The molecule has 0 aliphatic heterocycles. The lowest BCUT2D eigenvalue weighted by atomic mass is 9.68. The zero-order valence-corrected chi connectivity index (χ0v) is 13.4. The molecule has 2 bridgehead atoms. The maximum absolute atomic E-state index is 12.8. The Bertz CT molecular complexity index is 391. The van der Waals surface area contributed by atoms with Gasteiger partial charge in [0.2, 0.25) is 0 Å². The van der Waals surface area contributed by atoms with Crippen molar-refractivity contribution in [1.82, 2.24) is 5.32 Å². The molecule has 122 valence electrons. The highest BCUT2D eigenvalue weighted by Crippen LogP contribution is 2.62. The van der Waals surface area contributed by atoms with Gasteiger partial charge in [0, 0.05) is 12.1 Å². The van der Waals surface area contributed by atoms with E-state index in [1.54, 1.807) is 0 Å². The van der Waals surface area contributed by atoms with Crippen molar-refractivity contribution in [3.8, 4) is 0 Å². The molecule has 0 spiro atoms. The Morgan fingerprint density at radius 1 is 0.952 bits per heavy atom. The number of hydrogen-bond acceptors (Lipinski definition) is 1. The van der Waals surface area contributed by atoms with Crippen molar-refractivity contribution in [3.63, 3.8) is 0 Å². The van der Waals surface area contributed by atoms with Crippen molar-refractivity contribution < 1.29 is 13.2 Å². The first kappa shape index (κ1) is 15.6. The van der Waals surface area contributed by atoms with Crippen LogP contribution in [-0.2, 0) is 0 Å². The molecule has 0 aromatic rings. The molecule has 0 amide bonds. The molecule has 1 nitrogen and oxygen atoms in total. The van der Waals surface area contributed by atoms with Crippen molar-refractivity contribution in [2.24, 2.45) is 22.7 Å². The fraction of sp³-hybridized carbons (Fsp3) is 1.00. The molecule has 4 heteroatoms. The van der Waals surface area contributed by atoms with E-state index < -0.39 is 12.1 Å². The van der Waals surface area contributed by atoms with Crippen molar-refractivity contribution in [1.29, 1.82) is 0 Å². The van der Waals surface area contributed by atoms with E-state index >= 15 is 0 Å². The van der Waals surface area contributed by atoms with Crippen molar-refractivity contribution >= 4 is 0 Å². The third kappa shape index (κ3) is 2.62. The molecule has 3 fully saturated rings. The van der Waals surface area contributed by atoms with Crippen LogP contribution in [0.5, 0.6) is 0 Å². The van der Waals surface area contributed by atoms with Crippen LogP contribution < -0.4 is 5.32 Å². The largest absolute Gasteiger partial charge is 0.391 e. The normalized spacial score (nSPS) is 46.0. The minimum Gasteiger partial charge on any atom is -0.310 e. The Hall–Kier alpha value is -0.250. The Balaban J connectivity index is 1.61. The van der Waals surface area contributed by atoms with E-state index in [9.17, 15) is 13.2 Å². The van der Waals surface area contributed by atoms with Crippen molar-refractivity contribution in [2.75, 3.05) is 0 Å². The van der Waals surface area contributed by atoms with Gasteiger partial charge in [0.05, 0.1) is 5.92 Å². The molecule has 3 atom stereocenters. The van der Waals surface area contributed by atoms with Gasteiger partial charge in [0.15, 0.2) is 0 Å². The average molecular weight is 303 g/mol. The first-order valence-electron chi connectivity index (χ1n) is 8.46. The number of hydrogen-bond donors (Lipinski definition) is 1. The summed E-state index contributed by atoms with van der Waals surface area (Å²) >= 11 is 0. The minimum atomic E-state index is -4.00. The van der Waals surface area contributed by atoms with Crippen LogP contribution in [0.25, 0.3) is 0 Å². The highest BCUT2D eigenvalue weighted by atomic mass is 19.4. The van der Waals surface area contributed by atoms with E-state index in [4.69, 9.17) is 0 Å². The van der Waals surface area contributed by atoms with Gasteiger partial charge in [-0.25, -0.2) is 0 Å². The number of halogens is 3. The highest BCUT2D eigenvalue weighted by molar-refractivity contribution is 5.12. The predicted octanol–water partition coefficient (Wildman–Crippen LogP) is 4.91.